The van der Waals surface area contributed by atoms with Crippen molar-refractivity contribution in [2.45, 2.75) is 64.4 Å². The minimum Gasteiger partial charge on any atom is -0.481 e. The number of unbranched alkanes of at least 4 members (excludes halogenated alkanes) is 2. The Hall–Kier alpha value is -1.14. The molecule has 0 heterocycles. The molecule has 0 rings (SSSR count). The van der Waals surface area contributed by atoms with Crippen LogP contribution >= 0.6 is 0 Å². The predicted molar refractivity (Wildman–Crippen MR) is 71.0 cm³/mol. The second kappa shape index (κ2) is 14.9. The lowest BCUT2D eigenvalue weighted by molar-refractivity contribution is -0.139. The van der Waals surface area contributed by atoms with Crippen LogP contribution < -0.4 is 0 Å². The summed E-state index contributed by atoms with van der Waals surface area (Å²) in [5.74, 6) is -1.74. The third-order valence-corrected chi connectivity index (χ3v) is 2.38. The lowest BCUT2D eigenvalue weighted by atomic mass is 10.1. The molecule has 0 radical (unpaired) electrons. The first kappa shape index (κ1) is 20.2. The summed E-state index contributed by atoms with van der Waals surface area (Å²) in [6.45, 7) is 2.19. The summed E-state index contributed by atoms with van der Waals surface area (Å²) in [5.41, 5.74) is 0. The molecule has 19 heavy (non-hydrogen) atoms. The summed E-state index contributed by atoms with van der Waals surface area (Å²) in [5, 5.41) is 33.7. The summed E-state index contributed by atoms with van der Waals surface area (Å²) in [4.78, 5) is 19.8. The van der Waals surface area contributed by atoms with Gasteiger partial charge in [0.1, 0.15) is 0 Å². The van der Waals surface area contributed by atoms with E-state index in [0.717, 1.165) is 19.3 Å². The monoisotopic (exact) mass is 278 g/mol. The van der Waals surface area contributed by atoms with Gasteiger partial charge < -0.3 is 20.4 Å². The highest BCUT2D eigenvalue weighted by atomic mass is 16.4. The molecule has 0 bridgehead atoms. The fourth-order valence-electron chi connectivity index (χ4n) is 1.29. The number of carboxylic acid groups (broad SMARTS) is 2. The van der Waals surface area contributed by atoms with Gasteiger partial charge in [0.2, 0.25) is 0 Å². The lowest BCUT2D eigenvalue weighted by Crippen LogP contribution is -2.07. The largest absolute Gasteiger partial charge is 0.481 e. The van der Waals surface area contributed by atoms with Crippen LogP contribution in [0, 0.1) is 0 Å². The van der Waals surface area contributed by atoms with Gasteiger partial charge in [-0.25, -0.2) is 0 Å². The fraction of sp³-hybridized carbons (Fsp3) is 0.846. The third-order valence-electron chi connectivity index (χ3n) is 2.38. The highest BCUT2D eigenvalue weighted by Gasteiger charge is 2.00. The average molecular weight is 278 g/mol. The molecule has 0 aliphatic carbocycles. The van der Waals surface area contributed by atoms with Crippen LogP contribution in [-0.4, -0.2) is 45.1 Å². The molecule has 0 aliphatic heterocycles. The molecule has 6 heteroatoms. The maximum Gasteiger partial charge on any atom is 0.303 e. The topological polar surface area (TPSA) is 115 Å². The van der Waals surface area contributed by atoms with Crippen molar-refractivity contribution in [1.82, 2.24) is 0 Å². The van der Waals surface area contributed by atoms with E-state index in [9.17, 15) is 9.59 Å². The fourth-order valence-corrected chi connectivity index (χ4v) is 1.29. The van der Waals surface area contributed by atoms with E-state index in [1.165, 1.54) is 0 Å². The van der Waals surface area contributed by atoms with Gasteiger partial charge >= 0.3 is 11.9 Å². The van der Waals surface area contributed by atoms with Crippen LogP contribution in [0.3, 0.4) is 0 Å². The van der Waals surface area contributed by atoms with Crippen molar-refractivity contribution in [2.75, 3.05) is 6.61 Å². The highest BCUT2D eigenvalue weighted by Crippen LogP contribution is 2.02. The maximum atomic E-state index is 9.90. The van der Waals surface area contributed by atoms with Crippen molar-refractivity contribution in [1.29, 1.82) is 0 Å². The highest BCUT2D eigenvalue weighted by molar-refractivity contribution is 5.67. The van der Waals surface area contributed by atoms with E-state index < -0.39 is 11.9 Å². The van der Waals surface area contributed by atoms with Crippen LogP contribution in [0.25, 0.3) is 0 Å². The zero-order valence-electron chi connectivity index (χ0n) is 11.5. The van der Waals surface area contributed by atoms with Crippen molar-refractivity contribution in [3.63, 3.8) is 0 Å². The van der Waals surface area contributed by atoms with Gasteiger partial charge in [-0.15, -0.1) is 0 Å². The molecule has 0 fully saturated rings. The number of hydrogen-bond acceptors (Lipinski definition) is 4. The molecule has 0 spiro atoms. The quantitative estimate of drug-likeness (QED) is 0.451. The number of hydrogen-bond donors (Lipinski definition) is 4. The molecule has 0 aliphatic rings. The first-order valence-corrected chi connectivity index (χ1v) is 6.66. The van der Waals surface area contributed by atoms with Crippen molar-refractivity contribution in [3.05, 3.63) is 0 Å². The first-order chi connectivity index (χ1) is 8.93. The van der Waals surface area contributed by atoms with Gasteiger partial charge in [-0.05, 0) is 25.7 Å². The minimum absolute atomic E-state index is 0.0628. The summed E-state index contributed by atoms with van der Waals surface area (Å²) in [6.07, 6.45) is 4.26. The number of rotatable bonds is 10. The van der Waals surface area contributed by atoms with Crippen LogP contribution in [0.15, 0.2) is 0 Å². The molecule has 0 aromatic carbocycles. The van der Waals surface area contributed by atoms with E-state index in [1.54, 1.807) is 0 Å². The third kappa shape index (κ3) is 22.5. The Labute approximate surface area is 114 Å². The smallest absolute Gasteiger partial charge is 0.303 e. The van der Waals surface area contributed by atoms with Gasteiger partial charge in [0.05, 0.1) is 6.10 Å². The predicted octanol–water partition coefficient (Wildman–Crippen LogP) is 1.64. The van der Waals surface area contributed by atoms with Crippen molar-refractivity contribution < 1.29 is 30.0 Å². The normalized spacial score (nSPS) is 11.3. The minimum atomic E-state index is -0.870. The number of aliphatic hydroxyl groups is 2. The van der Waals surface area contributed by atoms with E-state index in [2.05, 4.69) is 6.92 Å². The standard InChI is InChI=1S/C7H16O2.C6H10O4/c1-2-3-4-7(9)5-6-8;7-5(8)3-1-2-4-6(9)10/h7-9H,2-6H2,1H3;1-4H2,(H,7,8)(H,9,10). The number of carbonyl (C=O) groups is 2. The van der Waals surface area contributed by atoms with Gasteiger partial charge in [0.25, 0.3) is 0 Å². The van der Waals surface area contributed by atoms with Crippen molar-refractivity contribution in [2.24, 2.45) is 0 Å². The number of carboxylic acids is 2. The van der Waals surface area contributed by atoms with Crippen LogP contribution in [0.1, 0.15) is 58.3 Å². The Kier molecular flexibility index (Phi) is 15.8. The van der Waals surface area contributed by atoms with Gasteiger partial charge in [0.15, 0.2) is 0 Å². The summed E-state index contributed by atoms with van der Waals surface area (Å²) in [7, 11) is 0. The molecular formula is C13H26O6. The van der Waals surface area contributed by atoms with Gasteiger partial charge in [-0.1, -0.05) is 19.8 Å². The second-order valence-corrected chi connectivity index (χ2v) is 4.30. The van der Waals surface area contributed by atoms with E-state index in [0.29, 0.717) is 19.3 Å². The molecule has 0 aromatic heterocycles. The van der Waals surface area contributed by atoms with Gasteiger partial charge in [-0.3, -0.25) is 9.59 Å². The number of aliphatic hydroxyl groups excluding tert-OH is 2. The van der Waals surface area contributed by atoms with E-state index in [4.69, 9.17) is 20.4 Å². The second-order valence-electron chi connectivity index (χ2n) is 4.30. The Morgan fingerprint density at radius 2 is 1.42 bits per heavy atom. The summed E-state index contributed by atoms with van der Waals surface area (Å²) < 4.78 is 0. The molecule has 4 N–H and O–H groups in total. The van der Waals surface area contributed by atoms with Crippen LogP contribution in [0.2, 0.25) is 0 Å². The van der Waals surface area contributed by atoms with Crippen LogP contribution in [-0.2, 0) is 9.59 Å². The molecule has 0 saturated heterocycles. The Morgan fingerprint density at radius 1 is 0.947 bits per heavy atom. The Bertz CT molecular complexity index is 213. The Balaban J connectivity index is 0. The van der Waals surface area contributed by atoms with E-state index >= 15 is 0 Å². The SMILES string of the molecule is CCCCC(O)CCO.O=C(O)CCCCC(=O)O. The van der Waals surface area contributed by atoms with Crippen LogP contribution in [0.4, 0.5) is 0 Å². The summed E-state index contributed by atoms with van der Waals surface area (Å²) in [6, 6.07) is 0. The lowest BCUT2D eigenvalue weighted by Gasteiger charge is -2.05. The molecule has 114 valence electrons. The first-order valence-electron chi connectivity index (χ1n) is 6.66. The van der Waals surface area contributed by atoms with Gasteiger partial charge in [-0.2, -0.15) is 0 Å². The summed E-state index contributed by atoms with van der Waals surface area (Å²) >= 11 is 0. The van der Waals surface area contributed by atoms with Crippen molar-refractivity contribution in [3.8, 4) is 0 Å². The molecular weight excluding hydrogens is 252 g/mol. The zero-order chi connectivity index (χ0) is 15.1. The molecule has 1 unspecified atom stereocenters. The maximum absolute atomic E-state index is 9.90. The van der Waals surface area contributed by atoms with Crippen molar-refractivity contribution >= 4 is 11.9 Å². The molecule has 6 nitrogen and oxygen atoms in total. The molecule has 0 saturated carbocycles. The van der Waals surface area contributed by atoms with E-state index in [-0.39, 0.29) is 25.6 Å². The Morgan fingerprint density at radius 3 is 1.74 bits per heavy atom. The van der Waals surface area contributed by atoms with Crippen LogP contribution in [0.5, 0.6) is 0 Å². The molecule has 0 amide bonds. The van der Waals surface area contributed by atoms with Gasteiger partial charge in [0, 0.05) is 19.4 Å². The average Bonchev–Trinajstić information content (AvgIpc) is 2.33. The molecule has 1 atom stereocenters. The number of aliphatic carboxylic acids is 2. The molecule has 0 aromatic rings. The van der Waals surface area contributed by atoms with E-state index in [1.807, 2.05) is 0 Å². The zero-order valence-corrected chi connectivity index (χ0v) is 11.5.